The molecule has 1 aliphatic rings. The molecule has 0 radical (unpaired) electrons. The van der Waals surface area contributed by atoms with Crippen LogP contribution < -0.4 is 4.74 Å². The van der Waals surface area contributed by atoms with E-state index in [9.17, 15) is 5.11 Å². The van der Waals surface area contributed by atoms with Gasteiger partial charge in [-0.15, -0.1) is 11.8 Å². The summed E-state index contributed by atoms with van der Waals surface area (Å²) in [6.45, 7) is 0. The van der Waals surface area contributed by atoms with E-state index in [2.05, 4.69) is 0 Å². The van der Waals surface area contributed by atoms with Crippen molar-refractivity contribution in [3.8, 4) is 5.75 Å². The van der Waals surface area contributed by atoms with E-state index >= 15 is 0 Å². The number of ether oxygens (including phenoxy) is 1. The fourth-order valence-electron chi connectivity index (χ4n) is 2.18. The molecular weight excluding hydrogens is 268 g/mol. The van der Waals surface area contributed by atoms with Crippen molar-refractivity contribution in [3.63, 3.8) is 0 Å². The summed E-state index contributed by atoms with van der Waals surface area (Å²) >= 11 is 1.65. The van der Waals surface area contributed by atoms with Crippen molar-refractivity contribution < 1.29 is 9.84 Å². The van der Waals surface area contributed by atoms with Gasteiger partial charge in [0.1, 0.15) is 11.9 Å². The Hall–Kier alpha value is -1.45. The van der Waals surface area contributed by atoms with Crippen LogP contribution in [0.5, 0.6) is 5.75 Å². The van der Waals surface area contributed by atoms with Gasteiger partial charge in [-0.3, -0.25) is 0 Å². The van der Waals surface area contributed by atoms with Crippen LogP contribution in [0, 0.1) is 0 Å². The number of aliphatic hydroxyl groups is 1. The minimum Gasteiger partial charge on any atom is -0.490 e. The van der Waals surface area contributed by atoms with Crippen LogP contribution in [0.25, 0.3) is 0 Å². The Morgan fingerprint density at radius 2 is 1.80 bits per heavy atom. The van der Waals surface area contributed by atoms with Crippen LogP contribution in [0.15, 0.2) is 53.4 Å². The average Bonchev–Trinajstić information content (AvgIpc) is 3.31. The minimum absolute atomic E-state index is 0.406. The van der Waals surface area contributed by atoms with E-state index in [1.165, 1.54) is 0 Å². The van der Waals surface area contributed by atoms with Crippen LogP contribution in [-0.2, 0) is 0 Å². The molecule has 0 aromatic heterocycles. The Morgan fingerprint density at radius 3 is 2.45 bits per heavy atom. The molecule has 2 nitrogen and oxygen atoms in total. The Morgan fingerprint density at radius 1 is 1.10 bits per heavy atom. The molecule has 3 heteroatoms. The molecule has 0 aliphatic heterocycles. The van der Waals surface area contributed by atoms with Gasteiger partial charge in [-0.05, 0) is 48.4 Å². The molecular formula is C17H18O2S. The highest BCUT2D eigenvalue weighted by Crippen LogP contribution is 2.32. The molecule has 104 valence electrons. The van der Waals surface area contributed by atoms with Crippen LogP contribution in [0.1, 0.15) is 30.1 Å². The molecule has 1 fully saturated rings. The van der Waals surface area contributed by atoms with Crippen LogP contribution in [0.3, 0.4) is 0 Å². The lowest BCUT2D eigenvalue weighted by molar-refractivity contribution is 0.217. The molecule has 0 saturated heterocycles. The van der Waals surface area contributed by atoms with Crippen LogP contribution in [-0.4, -0.2) is 17.5 Å². The molecule has 3 rings (SSSR count). The van der Waals surface area contributed by atoms with Crippen molar-refractivity contribution >= 4 is 11.8 Å². The second-order valence-corrected chi connectivity index (χ2v) is 5.88. The van der Waals surface area contributed by atoms with Crippen molar-refractivity contribution in [1.29, 1.82) is 0 Å². The smallest absolute Gasteiger partial charge is 0.119 e. The monoisotopic (exact) mass is 286 g/mol. The fraction of sp³-hybridized carbons (Fsp3) is 0.294. The summed E-state index contributed by atoms with van der Waals surface area (Å²) in [5.74, 6) is 0.890. The van der Waals surface area contributed by atoms with E-state index in [1.54, 1.807) is 11.8 Å². The summed E-state index contributed by atoms with van der Waals surface area (Å²) in [7, 11) is 0. The highest BCUT2D eigenvalue weighted by molar-refractivity contribution is 7.98. The zero-order valence-corrected chi connectivity index (χ0v) is 12.3. The highest BCUT2D eigenvalue weighted by atomic mass is 32.2. The largest absolute Gasteiger partial charge is 0.490 e. The van der Waals surface area contributed by atoms with E-state index in [0.717, 1.165) is 34.6 Å². The third-order valence-electron chi connectivity index (χ3n) is 3.46. The van der Waals surface area contributed by atoms with Crippen LogP contribution >= 0.6 is 11.8 Å². The van der Waals surface area contributed by atoms with Gasteiger partial charge < -0.3 is 9.84 Å². The van der Waals surface area contributed by atoms with Gasteiger partial charge in [0.05, 0.1) is 6.10 Å². The van der Waals surface area contributed by atoms with Gasteiger partial charge in [0.15, 0.2) is 0 Å². The highest BCUT2D eigenvalue weighted by Gasteiger charge is 2.23. The van der Waals surface area contributed by atoms with Gasteiger partial charge in [-0.1, -0.05) is 30.3 Å². The standard InChI is InChI=1S/C17H18O2S/c1-20-16-5-3-2-4-15(16)17(18)12-6-8-13(9-7-12)19-14-10-11-14/h2-9,14,17-18H,10-11H2,1H3. The topological polar surface area (TPSA) is 29.5 Å². The van der Waals surface area contributed by atoms with Gasteiger partial charge >= 0.3 is 0 Å². The van der Waals surface area contributed by atoms with E-state index in [0.29, 0.717) is 6.10 Å². The first kappa shape index (κ1) is 13.5. The van der Waals surface area contributed by atoms with E-state index in [-0.39, 0.29) is 0 Å². The predicted molar refractivity (Wildman–Crippen MR) is 82.4 cm³/mol. The number of thioether (sulfide) groups is 1. The number of aliphatic hydroxyl groups excluding tert-OH is 1. The molecule has 1 saturated carbocycles. The van der Waals surface area contributed by atoms with Gasteiger partial charge in [0, 0.05) is 4.90 Å². The number of rotatable bonds is 5. The first-order chi connectivity index (χ1) is 9.78. The van der Waals surface area contributed by atoms with E-state index < -0.39 is 6.10 Å². The summed E-state index contributed by atoms with van der Waals surface area (Å²) in [6, 6.07) is 15.7. The molecule has 0 heterocycles. The lowest BCUT2D eigenvalue weighted by Crippen LogP contribution is -2.02. The second kappa shape index (κ2) is 5.90. The molecule has 1 unspecified atom stereocenters. The van der Waals surface area contributed by atoms with Crippen molar-refractivity contribution in [3.05, 3.63) is 59.7 Å². The predicted octanol–water partition coefficient (Wildman–Crippen LogP) is 4.03. The molecule has 1 N–H and O–H groups in total. The fourth-order valence-corrected chi connectivity index (χ4v) is 2.81. The second-order valence-electron chi connectivity index (χ2n) is 5.03. The van der Waals surface area contributed by atoms with E-state index in [4.69, 9.17) is 4.74 Å². The molecule has 0 spiro atoms. The molecule has 1 atom stereocenters. The summed E-state index contributed by atoms with van der Waals surface area (Å²) in [4.78, 5) is 1.11. The van der Waals surface area contributed by atoms with Gasteiger partial charge in [-0.2, -0.15) is 0 Å². The Labute approximate surface area is 123 Å². The number of benzene rings is 2. The Balaban J connectivity index is 1.80. The average molecular weight is 286 g/mol. The number of hydrogen-bond donors (Lipinski definition) is 1. The van der Waals surface area contributed by atoms with Crippen molar-refractivity contribution in [2.24, 2.45) is 0 Å². The summed E-state index contributed by atoms with van der Waals surface area (Å²) < 4.78 is 5.72. The zero-order valence-electron chi connectivity index (χ0n) is 11.5. The third kappa shape index (κ3) is 3.00. The van der Waals surface area contributed by atoms with Crippen molar-refractivity contribution in [1.82, 2.24) is 0 Å². The first-order valence-corrected chi connectivity index (χ1v) is 8.08. The van der Waals surface area contributed by atoms with Gasteiger partial charge in [-0.25, -0.2) is 0 Å². The lowest BCUT2D eigenvalue weighted by Gasteiger charge is -2.15. The normalized spacial score (nSPS) is 15.9. The third-order valence-corrected chi connectivity index (χ3v) is 4.27. The Bertz CT molecular complexity index is 576. The molecule has 2 aromatic rings. The first-order valence-electron chi connectivity index (χ1n) is 6.85. The lowest BCUT2D eigenvalue weighted by atomic mass is 10.0. The summed E-state index contributed by atoms with van der Waals surface area (Å²) in [5.41, 5.74) is 1.85. The summed E-state index contributed by atoms with van der Waals surface area (Å²) in [5, 5.41) is 10.5. The molecule has 20 heavy (non-hydrogen) atoms. The molecule has 1 aliphatic carbocycles. The maximum absolute atomic E-state index is 10.5. The molecule has 0 amide bonds. The maximum atomic E-state index is 10.5. The SMILES string of the molecule is CSc1ccccc1C(O)c1ccc(OC2CC2)cc1. The van der Waals surface area contributed by atoms with Gasteiger partial charge in [0.2, 0.25) is 0 Å². The van der Waals surface area contributed by atoms with Crippen molar-refractivity contribution in [2.75, 3.05) is 6.26 Å². The zero-order chi connectivity index (χ0) is 13.9. The van der Waals surface area contributed by atoms with Crippen LogP contribution in [0.4, 0.5) is 0 Å². The molecule has 0 bridgehead atoms. The maximum Gasteiger partial charge on any atom is 0.119 e. The summed E-state index contributed by atoms with van der Waals surface area (Å²) in [6.07, 6.45) is 4.16. The number of hydrogen-bond acceptors (Lipinski definition) is 3. The van der Waals surface area contributed by atoms with Crippen molar-refractivity contribution in [2.45, 2.75) is 29.9 Å². The van der Waals surface area contributed by atoms with Crippen LogP contribution in [0.2, 0.25) is 0 Å². The van der Waals surface area contributed by atoms with Gasteiger partial charge in [0.25, 0.3) is 0 Å². The minimum atomic E-state index is -0.589. The quantitative estimate of drug-likeness (QED) is 0.841. The molecule has 2 aromatic carbocycles. The van der Waals surface area contributed by atoms with E-state index in [1.807, 2.05) is 54.8 Å². The Kier molecular flexibility index (Phi) is 3.99.